The molecule has 0 saturated carbocycles. The number of anilines is 2. The number of imide groups is 1. The molecule has 0 atom stereocenters. The second kappa shape index (κ2) is 6.84. The van der Waals surface area contributed by atoms with E-state index in [9.17, 15) is 14.4 Å². The average Bonchev–Trinajstić information content (AvgIpc) is 3.15. The van der Waals surface area contributed by atoms with Crippen LogP contribution in [-0.2, 0) is 9.63 Å². The van der Waals surface area contributed by atoms with Crippen LogP contribution in [0.25, 0.3) is 10.8 Å². The smallest absolute Gasteiger partial charge is 0.285 e. The second-order valence-electron chi connectivity index (χ2n) is 8.53. The Bertz CT molecular complexity index is 1030. The molecule has 2 aromatic rings. The molecule has 0 aliphatic carbocycles. The van der Waals surface area contributed by atoms with Gasteiger partial charge in [0.2, 0.25) is 5.91 Å². The summed E-state index contributed by atoms with van der Waals surface area (Å²) in [6.45, 7) is 8.52. The lowest BCUT2D eigenvalue weighted by Crippen LogP contribution is -2.45. The number of hydroxylamine groups is 2. The summed E-state index contributed by atoms with van der Waals surface area (Å²) in [6.07, 6.45) is 2.13. The van der Waals surface area contributed by atoms with Gasteiger partial charge in [0.25, 0.3) is 11.8 Å². The Morgan fingerprint density at radius 1 is 1.07 bits per heavy atom. The molecular formula is C22H25N3O4. The van der Waals surface area contributed by atoms with Crippen molar-refractivity contribution in [3.05, 3.63) is 35.4 Å². The van der Waals surface area contributed by atoms with Crippen LogP contribution in [-0.4, -0.2) is 41.5 Å². The minimum Gasteiger partial charge on any atom is -0.369 e. The summed E-state index contributed by atoms with van der Waals surface area (Å²) in [5.74, 6) is -1.20. The molecule has 2 aliphatic heterocycles. The predicted octanol–water partition coefficient (Wildman–Crippen LogP) is 3.72. The third-order valence-electron chi connectivity index (χ3n) is 5.06. The Hall–Kier alpha value is -2.93. The molecule has 1 saturated heterocycles. The number of carbonyl (C=O) groups is 3. The number of amides is 3. The molecule has 4 rings (SSSR count). The van der Waals surface area contributed by atoms with E-state index in [0.29, 0.717) is 22.2 Å². The van der Waals surface area contributed by atoms with Gasteiger partial charge in [-0.05, 0) is 45.7 Å². The summed E-state index contributed by atoms with van der Waals surface area (Å²) < 4.78 is 0. The second-order valence-corrected chi connectivity index (χ2v) is 8.53. The van der Waals surface area contributed by atoms with Crippen molar-refractivity contribution >= 4 is 39.9 Å². The molecule has 0 radical (unpaired) electrons. The summed E-state index contributed by atoms with van der Waals surface area (Å²) in [6, 6.07) is 7.10. The van der Waals surface area contributed by atoms with Crippen LogP contribution in [0.1, 0.15) is 61.3 Å². The Balaban J connectivity index is 1.98. The molecule has 2 aliphatic rings. The van der Waals surface area contributed by atoms with Crippen molar-refractivity contribution in [2.75, 3.05) is 23.3 Å². The van der Waals surface area contributed by atoms with Gasteiger partial charge in [0.1, 0.15) is 0 Å². The molecule has 29 heavy (non-hydrogen) atoms. The van der Waals surface area contributed by atoms with Crippen molar-refractivity contribution in [2.45, 2.75) is 46.1 Å². The third kappa shape index (κ3) is 3.35. The van der Waals surface area contributed by atoms with E-state index < -0.39 is 17.4 Å². The molecule has 152 valence electrons. The fourth-order valence-corrected chi connectivity index (χ4v) is 4.05. The van der Waals surface area contributed by atoms with Crippen LogP contribution in [0.3, 0.4) is 0 Å². The highest BCUT2D eigenvalue weighted by Crippen LogP contribution is 2.42. The first-order valence-electron chi connectivity index (χ1n) is 9.87. The highest BCUT2D eigenvalue weighted by molar-refractivity contribution is 6.27. The van der Waals surface area contributed by atoms with E-state index in [1.54, 1.807) is 32.9 Å². The van der Waals surface area contributed by atoms with Crippen molar-refractivity contribution in [3.63, 3.8) is 0 Å². The standard InChI is InChI=1S/C22H25N3O4/c1-13(26)23-17-12-16-18-14(19(17)24-10-5-6-11-24)8-7-9-15(18)20(27)25(21(16)28)29-22(2,3)4/h7-9,12H,5-6,10-11H2,1-4H3,(H,23,26). The monoisotopic (exact) mass is 395 g/mol. The highest BCUT2D eigenvalue weighted by atomic mass is 16.7. The first-order chi connectivity index (χ1) is 13.7. The summed E-state index contributed by atoms with van der Waals surface area (Å²) in [7, 11) is 0. The summed E-state index contributed by atoms with van der Waals surface area (Å²) in [5.41, 5.74) is 1.51. The van der Waals surface area contributed by atoms with Crippen molar-refractivity contribution in [1.82, 2.24) is 5.06 Å². The Labute approximate surface area is 169 Å². The van der Waals surface area contributed by atoms with Gasteiger partial charge in [0, 0.05) is 30.8 Å². The minimum absolute atomic E-state index is 0.213. The van der Waals surface area contributed by atoms with E-state index in [1.807, 2.05) is 12.1 Å². The predicted molar refractivity (Wildman–Crippen MR) is 111 cm³/mol. The van der Waals surface area contributed by atoms with Crippen molar-refractivity contribution < 1.29 is 19.2 Å². The molecule has 7 nitrogen and oxygen atoms in total. The number of hydrogen-bond acceptors (Lipinski definition) is 5. The number of hydrogen-bond donors (Lipinski definition) is 1. The van der Waals surface area contributed by atoms with Crippen molar-refractivity contribution in [3.8, 4) is 0 Å². The first-order valence-corrected chi connectivity index (χ1v) is 9.87. The molecule has 0 unspecified atom stereocenters. The van der Waals surface area contributed by atoms with Gasteiger partial charge in [-0.2, -0.15) is 0 Å². The minimum atomic E-state index is -0.716. The molecule has 0 aromatic heterocycles. The number of benzene rings is 2. The largest absolute Gasteiger partial charge is 0.369 e. The van der Waals surface area contributed by atoms with Crippen LogP contribution in [0.4, 0.5) is 11.4 Å². The van der Waals surface area contributed by atoms with Crippen LogP contribution in [0.15, 0.2) is 24.3 Å². The van der Waals surface area contributed by atoms with E-state index in [1.165, 1.54) is 6.92 Å². The van der Waals surface area contributed by atoms with Gasteiger partial charge >= 0.3 is 0 Å². The molecule has 2 heterocycles. The number of rotatable bonds is 3. The zero-order valence-electron chi connectivity index (χ0n) is 17.2. The van der Waals surface area contributed by atoms with E-state index in [0.717, 1.165) is 42.1 Å². The fraction of sp³-hybridized carbons (Fsp3) is 0.409. The van der Waals surface area contributed by atoms with Crippen LogP contribution in [0.2, 0.25) is 0 Å². The zero-order valence-corrected chi connectivity index (χ0v) is 17.2. The summed E-state index contributed by atoms with van der Waals surface area (Å²) in [4.78, 5) is 46.1. The molecule has 7 heteroatoms. The lowest BCUT2D eigenvalue weighted by molar-refractivity contribution is -0.168. The molecule has 1 N–H and O–H groups in total. The van der Waals surface area contributed by atoms with Gasteiger partial charge in [-0.15, -0.1) is 5.06 Å². The molecule has 2 aromatic carbocycles. The van der Waals surface area contributed by atoms with Crippen molar-refractivity contribution in [2.24, 2.45) is 0 Å². The molecule has 0 spiro atoms. The maximum Gasteiger partial charge on any atom is 0.285 e. The third-order valence-corrected chi connectivity index (χ3v) is 5.06. The van der Waals surface area contributed by atoms with Crippen molar-refractivity contribution in [1.29, 1.82) is 0 Å². The molecular weight excluding hydrogens is 370 g/mol. The van der Waals surface area contributed by atoms with Gasteiger partial charge in [0.15, 0.2) is 0 Å². The zero-order chi connectivity index (χ0) is 20.9. The first kappa shape index (κ1) is 19.4. The average molecular weight is 395 g/mol. The Morgan fingerprint density at radius 3 is 2.34 bits per heavy atom. The van der Waals surface area contributed by atoms with E-state index in [4.69, 9.17) is 4.84 Å². The normalized spacial score (nSPS) is 16.7. The van der Waals surface area contributed by atoms with E-state index in [2.05, 4.69) is 10.2 Å². The lowest BCUT2D eigenvalue weighted by atomic mass is 9.92. The maximum atomic E-state index is 13.2. The van der Waals surface area contributed by atoms with Crippen LogP contribution in [0.5, 0.6) is 0 Å². The molecule has 3 amide bonds. The van der Waals surface area contributed by atoms with Gasteiger partial charge < -0.3 is 10.2 Å². The number of nitrogens with zero attached hydrogens (tertiary/aromatic N) is 2. The Kier molecular flexibility index (Phi) is 4.58. The summed E-state index contributed by atoms with van der Waals surface area (Å²) in [5, 5.41) is 5.13. The molecule has 1 fully saturated rings. The van der Waals surface area contributed by atoms with E-state index in [-0.39, 0.29) is 5.91 Å². The van der Waals surface area contributed by atoms with E-state index >= 15 is 0 Å². The van der Waals surface area contributed by atoms with Gasteiger partial charge in [-0.1, -0.05) is 12.1 Å². The SMILES string of the molecule is CC(=O)Nc1cc2c3c(cccc3c1N1CCCC1)C(=O)N(OC(C)(C)C)C2=O. The van der Waals surface area contributed by atoms with Crippen LogP contribution >= 0.6 is 0 Å². The van der Waals surface area contributed by atoms with Crippen LogP contribution in [0, 0.1) is 0 Å². The fourth-order valence-electron chi connectivity index (χ4n) is 4.05. The lowest BCUT2D eigenvalue weighted by Gasteiger charge is -2.33. The van der Waals surface area contributed by atoms with Gasteiger partial charge in [-0.3, -0.25) is 19.2 Å². The summed E-state index contributed by atoms with van der Waals surface area (Å²) >= 11 is 0. The van der Waals surface area contributed by atoms with Crippen LogP contribution < -0.4 is 10.2 Å². The topological polar surface area (TPSA) is 79.0 Å². The number of nitrogens with one attached hydrogen (secondary N) is 1. The Morgan fingerprint density at radius 2 is 1.72 bits per heavy atom. The highest BCUT2D eigenvalue weighted by Gasteiger charge is 2.38. The number of carbonyl (C=O) groups excluding carboxylic acids is 3. The van der Waals surface area contributed by atoms with Gasteiger partial charge in [0.05, 0.1) is 28.1 Å². The maximum absolute atomic E-state index is 13.2. The van der Waals surface area contributed by atoms with Gasteiger partial charge in [-0.25, -0.2) is 0 Å². The molecule has 0 bridgehead atoms. The quantitative estimate of drug-likeness (QED) is 0.802.